The monoisotopic (exact) mass is 680 g/mol. The molecular formula is C34H40N12O4. The molecule has 16 nitrogen and oxygen atoms in total. The van der Waals surface area contributed by atoms with E-state index in [1.807, 2.05) is 42.9 Å². The number of carbonyl (C=O) groups is 3. The highest BCUT2D eigenvalue weighted by Crippen LogP contribution is 2.27. The van der Waals surface area contributed by atoms with Gasteiger partial charge < -0.3 is 31.0 Å². The second-order valence-corrected chi connectivity index (χ2v) is 12.0. The Balaban J connectivity index is 1.26. The molecule has 0 saturated heterocycles. The van der Waals surface area contributed by atoms with Crippen molar-refractivity contribution in [1.29, 1.82) is 0 Å². The number of carbonyl (C=O) groups excluding carboxylic acids is 3. The van der Waals surface area contributed by atoms with Gasteiger partial charge >= 0.3 is 0 Å². The van der Waals surface area contributed by atoms with Crippen molar-refractivity contribution in [2.24, 2.45) is 11.5 Å². The topological polar surface area (TPSA) is 219 Å². The van der Waals surface area contributed by atoms with E-state index in [0.29, 0.717) is 84.5 Å². The summed E-state index contributed by atoms with van der Waals surface area (Å²) in [6, 6.07) is 13.6. The molecule has 0 aliphatic carbocycles. The molecule has 0 radical (unpaired) electrons. The van der Waals surface area contributed by atoms with E-state index in [0.717, 1.165) is 22.4 Å². The fourth-order valence-corrected chi connectivity index (χ4v) is 6.13. The standard InChI is InChI=1S/C34H40N12O4/c1-5-45-27(15-19(3)41-45)31(49)39-33-37-23-17-21(29(35)47)9-11-25(23)43(33)13-7-8-14-44-26-12-10-22(30(36)48)18-24(26)38-34(44)40-32(50)28-16-20(4)42-46(28)6-2/h9-12,15-18,31,49H,5-8,13-14H2,1-4H3,(H2,35,47)(H2,36,48)(H,37,39)(H,38,40,50). The molecule has 0 fully saturated rings. The third-order valence-corrected chi connectivity index (χ3v) is 8.52. The zero-order valence-electron chi connectivity index (χ0n) is 28.3. The zero-order chi connectivity index (χ0) is 35.7. The van der Waals surface area contributed by atoms with Gasteiger partial charge in [-0.25, -0.2) is 9.97 Å². The summed E-state index contributed by atoms with van der Waals surface area (Å²) in [4.78, 5) is 46.6. The second-order valence-electron chi connectivity index (χ2n) is 12.0. The molecular weight excluding hydrogens is 640 g/mol. The summed E-state index contributed by atoms with van der Waals surface area (Å²) in [6.45, 7) is 9.63. The number of amides is 3. The average Bonchev–Trinajstić information content (AvgIpc) is 3.84. The smallest absolute Gasteiger partial charge is 0.276 e. The minimum Gasteiger partial charge on any atom is -0.368 e. The molecule has 50 heavy (non-hydrogen) atoms. The Hall–Kier alpha value is -6.03. The van der Waals surface area contributed by atoms with Gasteiger partial charge in [0.25, 0.3) is 5.91 Å². The minimum atomic E-state index is -1.09. The number of unbranched alkanes of at least 4 members (excludes halogenated alkanes) is 1. The number of aliphatic hydroxyl groups is 1. The molecule has 0 aliphatic rings. The van der Waals surface area contributed by atoms with E-state index in [1.54, 1.807) is 51.8 Å². The van der Waals surface area contributed by atoms with Crippen LogP contribution in [0.5, 0.6) is 0 Å². The van der Waals surface area contributed by atoms with Gasteiger partial charge in [0.05, 0.1) is 39.1 Å². The van der Waals surface area contributed by atoms with Crippen molar-refractivity contribution in [2.75, 3.05) is 10.6 Å². The predicted molar refractivity (Wildman–Crippen MR) is 188 cm³/mol. The number of nitrogens with zero attached hydrogens (tertiary/aromatic N) is 8. The summed E-state index contributed by atoms with van der Waals surface area (Å²) in [5.41, 5.74) is 16.8. The maximum Gasteiger partial charge on any atom is 0.276 e. The van der Waals surface area contributed by atoms with Crippen LogP contribution in [0.25, 0.3) is 22.1 Å². The second kappa shape index (κ2) is 13.8. The highest BCUT2D eigenvalue weighted by molar-refractivity contribution is 6.03. The van der Waals surface area contributed by atoms with Crippen LogP contribution in [0.1, 0.15) is 81.2 Å². The summed E-state index contributed by atoms with van der Waals surface area (Å²) < 4.78 is 7.20. The first-order chi connectivity index (χ1) is 24.0. The minimum absolute atomic E-state index is 0.311. The van der Waals surface area contributed by atoms with Gasteiger partial charge in [0.2, 0.25) is 23.7 Å². The van der Waals surface area contributed by atoms with E-state index in [9.17, 15) is 19.5 Å². The van der Waals surface area contributed by atoms with Crippen LogP contribution >= 0.6 is 0 Å². The van der Waals surface area contributed by atoms with Gasteiger partial charge in [0.1, 0.15) is 5.69 Å². The number of benzene rings is 2. The summed E-state index contributed by atoms with van der Waals surface area (Å²) in [5.74, 6) is -0.750. The average molecular weight is 681 g/mol. The van der Waals surface area contributed by atoms with Crippen LogP contribution in [0, 0.1) is 13.8 Å². The molecule has 6 aromatic rings. The first-order valence-electron chi connectivity index (χ1n) is 16.4. The van der Waals surface area contributed by atoms with Crippen molar-refractivity contribution >= 4 is 51.7 Å². The Labute approximate surface area is 287 Å². The summed E-state index contributed by atoms with van der Waals surface area (Å²) in [6.07, 6.45) is 0.221. The molecule has 3 amide bonds. The van der Waals surface area contributed by atoms with E-state index in [4.69, 9.17) is 16.5 Å². The number of aryl methyl sites for hydroxylation is 6. The van der Waals surface area contributed by atoms with Crippen LogP contribution in [-0.4, -0.2) is 61.5 Å². The SMILES string of the molecule is CCn1nc(C)cc1C(=O)Nc1nc2cc(C(N)=O)ccc2n1CCCCn1c(NC(O)c2cc(C)nn2CC)nc2cc(C(N)=O)ccc21. The zero-order valence-corrected chi connectivity index (χ0v) is 28.3. The first-order valence-corrected chi connectivity index (χ1v) is 16.4. The molecule has 0 bridgehead atoms. The number of hydrogen-bond acceptors (Lipinski definition) is 9. The molecule has 4 aromatic heterocycles. The van der Waals surface area contributed by atoms with Crippen LogP contribution in [0.4, 0.5) is 11.9 Å². The van der Waals surface area contributed by atoms with Gasteiger partial charge in [-0.2, -0.15) is 10.2 Å². The Bertz CT molecular complexity index is 2240. The molecule has 6 rings (SSSR count). The highest BCUT2D eigenvalue weighted by Gasteiger charge is 2.21. The molecule has 7 N–H and O–H groups in total. The number of imidazole rings is 2. The molecule has 260 valence electrons. The number of aromatic nitrogens is 8. The number of anilines is 2. The Kier molecular flexibility index (Phi) is 9.37. The Morgan fingerprint density at radius 2 is 1.28 bits per heavy atom. The molecule has 4 heterocycles. The molecule has 0 saturated carbocycles. The fraction of sp³-hybridized carbons (Fsp3) is 0.324. The van der Waals surface area contributed by atoms with Gasteiger partial charge in [-0.15, -0.1) is 0 Å². The molecule has 1 atom stereocenters. The first kappa shape index (κ1) is 33.9. The fourth-order valence-electron chi connectivity index (χ4n) is 6.13. The van der Waals surface area contributed by atoms with Gasteiger partial charge in [0, 0.05) is 37.3 Å². The van der Waals surface area contributed by atoms with E-state index < -0.39 is 18.0 Å². The number of fused-ring (bicyclic) bond motifs is 2. The Morgan fingerprint density at radius 1 is 0.760 bits per heavy atom. The van der Waals surface area contributed by atoms with Crippen LogP contribution < -0.4 is 22.1 Å². The van der Waals surface area contributed by atoms with Crippen molar-refractivity contribution in [2.45, 2.75) is 72.9 Å². The van der Waals surface area contributed by atoms with Crippen molar-refractivity contribution in [1.82, 2.24) is 38.7 Å². The maximum atomic E-state index is 13.4. The van der Waals surface area contributed by atoms with Crippen molar-refractivity contribution in [3.63, 3.8) is 0 Å². The van der Waals surface area contributed by atoms with Gasteiger partial charge in [-0.1, -0.05) is 0 Å². The molecule has 16 heteroatoms. The lowest BCUT2D eigenvalue weighted by atomic mass is 10.2. The van der Waals surface area contributed by atoms with Gasteiger partial charge in [0.15, 0.2) is 6.23 Å². The van der Waals surface area contributed by atoms with E-state index >= 15 is 0 Å². The van der Waals surface area contributed by atoms with Crippen molar-refractivity contribution < 1.29 is 19.5 Å². The lowest BCUT2D eigenvalue weighted by Crippen LogP contribution is -2.20. The lowest BCUT2D eigenvalue weighted by Gasteiger charge is -2.17. The number of primary amides is 2. The summed E-state index contributed by atoms with van der Waals surface area (Å²) in [7, 11) is 0. The molecule has 2 aromatic carbocycles. The maximum absolute atomic E-state index is 13.4. The predicted octanol–water partition coefficient (Wildman–Crippen LogP) is 3.47. The number of nitrogens with two attached hydrogens (primary N) is 2. The van der Waals surface area contributed by atoms with Crippen LogP contribution in [-0.2, 0) is 26.2 Å². The largest absolute Gasteiger partial charge is 0.368 e. The van der Waals surface area contributed by atoms with Gasteiger partial charge in [-0.05, 0) is 89.1 Å². The van der Waals surface area contributed by atoms with E-state index in [2.05, 4.69) is 25.8 Å². The number of nitrogens with one attached hydrogen (secondary N) is 2. The molecule has 0 aliphatic heterocycles. The summed E-state index contributed by atoms with van der Waals surface area (Å²) in [5, 5.41) is 26.1. The summed E-state index contributed by atoms with van der Waals surface area (Å²) >= 11 is 0. The van der Waals surface area contributed by atoms with Crippen LogP contribution in [0.2, 0.25) is 0 Å². The van der Waals surface area contributed by atoms with Crippen molar-refractivity contribution in [3.05, 3.63) is 82.4 Å². The van der Waals surface area contributed by atoms with E-state index in [-0.39, 0.29) is 5.91 Å². The highest BCUT2D eigenvalue weighted by atomic mass is 16.3. The quantitative estimate of drug-likeness (QED) is 0.0839. The normalized spacial score (nSPS) is 12.1. The third kappa shape index (κ3) is 6.64. The Morgan fingerprint density at radius 3 is 1.84 bits per heavy atom. The lowest BCUT2D eigenvalue weighted by molar-refractivity contribution is 0.0992. The van der Waals surface area contributed by atoms with Gasteiger partial charge in [-0.3, -0.25) is 29.1 Å². The number of rotatable bonds is 14. The molecule has 0 spiro atoms. The van der Waals surface area contributed by atoms with E-state index in [1.165, 1.54) is 0 Å². The van der Waals surface area contributed by atoms with Crippen LogP contribution in [0.3, 0.4) is 0 Å². The van der Waals surface area contributed by atoms with Crippen molar-refractivity contribution in [3.8, 4) is 0 Å². The van der Waals surface area contributed by atoms with Crippen LogP contribution in [0.15, 0.2) is 48.5 Å². The number of aliphatic hydroxyl groups excluding tert-OH is 1. The molecule has 1 unspecified atom stereocenters. The number of hydrogen-bond donors (Lipinski definition) is 5. The third-order valence-electron chi connectivity index (χ3n) is 8.52.